The molecule has 0 bridgehead atoms. The average Bonchev–Trinajstić information content (AvgIpc) is 2.47. The van der Waals surface area contributed by atoms with Crippen molar-refractivity contribution in [2.75, 3.05) is 17.7 Å². The Balaban J connectivity index is 2.22. The van der Waals surface area contributed by atoms with E-state index in [1.165, 1.54) is 12.1 Å². The summed E-state index contributed by atoms with van der Waals surface area (Å²) in [5, 5.41) is 17.8. The third-order valence-corrected chi connectivity index (χ3v) is 3.04. The summed E-state index contributed by atoms with van der Waals surface area (Å²) in [6, 6.07) is 10.1. The van der Waals surface area contributed by atoms with Crippen LogP contribution >= 0.6 is 0 Å². The van der Waals surface area contributed by atoms with Gasteiger partial charge in [-0.25, -0.2) is 9.78 Å². The molecule has 2 rings (SSSR count). The normalized spacial score (nSPS) is 9.90. The number of rotatable bonds is 4. The van der Waals surface area contributed by atoms with Crippen LogP contribution in [0, 0.1) is 11.3 Å². The van der Waals surface area contributed by atoms with Crippen LogP contribution in [0.4, 0.5) is 11.4 Å². The van der Waals surface area contributed by atoms with Gasteiger partial charge in [0.25, 0.3) is 0 Å². The fourth-order valence-corrected chi connectivity index (χ4v) is 2.03. The molecule has 3 N–H and O–H groups in total. The van der Waals surface area contributed by atoms with E-state index in [1.807, 2.05) is 24.1 Å². The van der Waals surface area contributed by atoms with Crippen LogP contribution < -0.4 is 10.6 Å². The lowest BCUT2D eigenvalue weighted by molar-refractivity contribution is 0.0697. The van der Waals surface area contributed by atoms with Gasteiger partial charge in [-0.1, -0.05) is 0 Å². The molecule has 0 aliphatic carbocycles. The third kappa shape index (κ3) is 3.28. The summed E-state index contributed by atoms with van der Waals surface area (Å²) in [5.41, 5.74) is 8.46. The molecule has 1 heterocycles. The quantitative estimate of drug-likeness (QED) is 0.830. The van der Waals surface area contributed by atoms with Crippen molar-refractivity contribution in [3.8, 4) is 6.07 Å². The van der Waals surface area contributed by atoms with Crippen LogP contribution in [-0.4, -0.2) is 23.1 Å². The highest BCUT2D eigenvalue weighted by atomic mass is 16.4. The summed E-state index contributed by atoms with van der Waals surface area (Å²) in [6.07, 6.45) is 1.58. The van der Waals surface area contributed by atoms with E-state index < -0.39 is 5.97 Å². The van der Waals surface area contributed by atoms with Gasteiger partial charge in [-0.2, -0.15) is 5.26 Å². The number of aromatic carboxylic acids is 1. The van der Waals surface area contributed by atoms with Gasteiger partial charge in [-0.15, -0.1) is 0 Å². The molecular weight excluding hydrogens is 268 g/mol. The Bertz CT molecular complexity index is 722. The molecule has 6 heteroatoms. The van der Waals surface area contributed by atoms with E-state index in [0.717, 1.165) is 11.3 Å². The number of nitrogens with zero attached hydrogens (tertiary/aromatic N) is 3. The number of carbonyl (C=O) groups is 1. The summed E-state index contributed by atoms with van der Waals surface area (Å²) >= 11 is 0. The first-order valence-electron chi connectivity index (χ1n) is 6.20. The van der Waals surface area contributed by atoms with Gasteiger partial charge in [-0.05, 0) is 35.9 Å². The highest BCUT2D eigenvalue weighted by Crippen LogP contribution is 2.24. The number of aromatic nitrogens is 1. The molecule has 6 nitrogen and oxygen atoms in total. The highest BCUT2D eigenvalue weighted by molar-refractivity contribution is 5.90. The van der Waals surface area contributed by atoms with Gasteiger partial charge in [0.2, 0.25) is 0 Å². The lowest BCUT2D eigenvalue weighted by atomic mass is 10.1. The fraction of sp³-hybridized carbons (Fsp3) is 0.133. The monoisotopic (exact) mass is 282 g/mol. The van der Waals surface area contributed by atoms with Gasteiger partial charge >= 0.3 is 5.97 Å². The van der Waals surface area contributed by atoms with Crippen LogP contribution in [0.25, 0.3) is 0 Å². The van der Waals surface area contributed by atoms with Gasteiger partial charge in [0, 0.05) is 19.8 Å². The first kappa shape index (κ1) is 14.3. The second kappa shape index (κ2) is 5.92. The number of hydrogen-bond donors (Lipinski definition) is 2. The standard InChI is InChI=1S/C15H14N4O2/c1-19(9-10-4-5-18-12(6-10)8-16)14-3-2-11(15(20)21)7-13(14)17/h2-7H,9,17H2,1H3,(H,20,21). The summed E-state index contributed by atoms with van der Waals surface area (Å²) in [6.45, 7) is 0.536. The van der Waals surface area contributed by atoms with Gasteiger partial charge in [0.15, 0.2) is 0 Å². The zero-order valence-electron chi connectivity index (χ0n) is 11.4. The number of pyridine rings is 1. The molecule has 0 unspecified atom stereocenters. The third-order valence-electron chi connectivity index (χ3n) is 3.04. The van der Waals surface area contributed by atoms with E-state index in [1.54, 1.807) is 18.3 Å². The molecule has 0 radical (unpaired) electrons. The van der Waals surface area contributed by atoms with Gasteiger partial charge in [0.05, 0.1) is 16.9 Å². The van der Waals surface area contributed by atoms with E-state index in [4.69, 9.17) is 16.1 Å². The molecule has 0 aliphatic rings. The second-order valence-corrected chi connectivity index (χ2v) is 4.60. The summed E-state index contributed by atoms with van der Waals surface area (Å²) in [7, 11) is 1.85. The van der Waals surface area contributed by atoms with E-state index >= 15 is 0 Å². The van der Waals surface area contributed by atoms with Crippen LogP contribution in [0.1, 0.15) is 21.6 Å². The number of benzene rings is 1. The Morgan fingerprint density at radius 1 is 1.43 bits per heavy atom. The average molecular weight is 282 g/mol. The SMILES string of the molecule is CN(Cc1ccnc(C#N)c1)c1ccc(C(=O)O)cc1N. The topological polar surface area (TPSA) is 103 Å². The first-order valence-corrected chi connectivity index (χ1v) is 6.20. The lowest BCUT2D eigenvalue weighted by Crippen LogP contribution is -2.18. The summed E-state index contributed by atoms with van der Waals surface area (Å²) in [4.78, 5) is 16.7. The predicted octanol–water partition coefficient (Wildman–Crippen LogP) is 1.87. The maximum absolute atomic E-state index is 10.9. The van der Waals surface area contributed by atoms with Crippen molar-refractivity contribution in [2.45, 2.75) is 6.54 Å². The second-order valence-electron chi connectivity index (χ2n) is 4.60. The van der Waals surface area contributed by atoms with Crippen molar-refractivity contribution in [2.24, 2.45) is 0 Å². The number of anilines is 2. The fourth-order valence-electron chi connectivity index (χ4n) is 2.03. The van der Waals surface area contributed by atoms with Crippen molar-refractivity contribution < 1.29 is 9.90 Å². The minimum absolute atomic E-state index is 0.153. The smallest absolute Gasteiger partial charge is 0.335 e. The largest absolute Gasteiger partial charge is 0.478 e. The minimum atomic E-state index is -1.01. The van der Waals surface area contributed by atoms with Crippen molar-refractivity contribution in [1.29, 1.82) is 5.26 Å². The zero-order valence-corrected chi connectivity index (χ0v) is 11.4. The van der Waals surface area contributed by atoms with Crippen LogP contribution in [0.3, 0.4) is 0 Å². The number of carboxylic acids is 1. The van der Waals surface area contributed by atoms with E-state index in [9.17, 15) is 4.79 Å². The molecule has 21 heavy (non-hydrogen) atoms. The van der Waals surface area contributed by atoms with Crippen LogP contribution in [0.5, 0.6) is 0 Å². The maximum atomic E-state index is 10.9. The molecule has 0 saturated heterocycles. The molecule has 0 fully saturated rings. The lowest BCUT2D eigenvalue weighted by Gasteiger charge is -2.21. The van der Waals surface area contributed by atoms with Gasteiger partial charge in [-0.3, -0.25) is 0 Å². The van der Waals surface area contributed by atoms with E-state index in [-0.39, 0.29) is 5.56 Å². The molecule has 0 atom stereocenters. The molecule has 1 aromatic heterocycles. The van der Waals surface area contributed by atoms with Gasteiger partial charge < -0.3 is 15.7 Å². The Labute approximate surface area is 122 Å². The molecule has 1 aromatic carbocycles. The summed E-state index contributed by atoms with van der Waals surface area (Å²) in [5.74, 6) is -1.01. The number of nitrogens with two attached hydrogens (primary N) is 1. The Kier molecular flexibility index (Phi) is 4.05. The highest BCUT2D eigenvalue weighted by Gasteiger charge is 2.10. The van der Waals surface area contributed by atoms with Crippen molar-refractivity contribution in [3.63, 3.8) is 0 Å². The molecule has 0 spiro atoms. The Hall–Kier alpha value is -3.07. The van der Waals surface area contributed by atoms with Crippen LogP contribution in [-0.2, 0) is 6.54 Å². The number of hydrogen-bond acceptors (Lipinski definition) is 5. The first-order chi connectivity index (χ1) is 10.0. The zero-order chi connectivity index (χ0) is 15.4. The van der Waals surface area contributed by atoms with Crippen LogP contribution in [0.2, 0.25) is 0 Å². The van der Waals surface area contributed by atoms with E-state index in [2.05, 4.69) is 4.98 Å². The Morgan fingerprint density at radius 2 is 2.19 bits per heavy atom. The van der Waals surface area contributed by atoms with Crippen LogP contribution in [0.15, 0.2) is 36.5 Å². The molecule has 106 valence electrons. The number of nitriles is 1. The van der Waals surface area contributed by atoms with Crippen molar-refractivity contribution >= 4 is 17.3 Å². The predicted molar refractivity (Wildman–Crippen MR) is 78.9 cm³/mol. The minimum Gasteiger partial charge on any atom is -0.478 e. The molecular formula is C15H14N4O2. The van der Waals surface area contributed by atoms with E-state index in [0.29, 0.717) is 17.9 Å². The Morgan fingerprint density at radius 3 is 2.81 bits per heavy atom. The molecule has 0 aliphatic heterocycles. The number of nitrogen functional groups attached to an aromatic ring is 1. The number of carboxylic acid groups (broad SMARTS) is 1. The van der Waals surface area contributed by atoms with Crippen molar-refractivity contribution in [1.82, 2.24) is 4.98 Å². The van der Waals surface area contributed by atoms with Gasteiger partial charge in [0.1, 0.15) is 11.8 Å². The summed E-state index contributed by atoms with van der Waals surface area (Å²) < 4.78 is 0. The maximum Gasteiger partial charge on any atom is 0.335 e. The molecule has 0 amide bonds. The van der Waals surface area contributed by atoms with Crippen molar-refractivity contribution in [3.05, 3.63) is 53.3 Å². The molecule has 2 aromatic rings. The molecule has 0 saturated carbocycles.